The van der Waals surface area contributed by atoms with Crippen molar-refractivity contribution in [1.29, 1.82) is 0 Å². The molecule has 2 heterocycles. The fourth-order valence-corrected chi connectivity index (χ4v) is 2.80. The summed E-state index contributed by atoms with van der Waals surface area (Å²) in [6.45, 7) is 2.35. The number of fused-ring (bicyclic) bond motifs is 1. The molecule has 2 aromatic heterocycles. The maximum absolute atomic E-state index is 4.29. The second kappa shape index (κ2) is 4.40. The lowest BCUT2D eigenvalue weighted by atomic mass is 9.86. The van der Waals surface area contributed by atoms with E-state index in [4.69, 9.17) is 0 Å². The van der Waals surface area contributed by atoms with Crippen molar-refractivity contribution < 1.29 is 0 Å². The van der Waals surface area contributed by atoms with Gasteiger partial charge in [0.25, 0.3) is 0 Å². The van der Waals surface area contributed by atoms with E-state index in [0.29, 0.717) is 6.04 Å². The summed E-state index contributed by atoms with van der Waals surface area (Å²) < 4.78 is 1.93. The standard InChI is InChI=1S/C14H19N3/c1-11-5-2-3-6-12(11)16-13-8-9-15-17-10-4-7-14(13)17/h4,7-12,16H,2-3,5-6H2,1H3. The van der Waals surface area contributed by atoms with Crippen molar-refractivity contribution >= 4 is 11.2 Å². The van der Waals surface area contributed by atoms with Crippen LogP contribution in [0.15, 0.2) is 30.6 Å². The minimum Gasteiger partial charge on any atom is -0.380 e. The highest BCUT2D eigenvalue weighted by Gasteiger charge is 2.21. The van der Waals surface area contributed by atoms with Crippen LogP contribution in [0.1, 0.15) is 32.6 Å². The Labute approximate surface area is 102 Å². The highest BCUT2D eigenvalue weighted by atomic mass is 15.2. The van der Waals surface area contributed by atoms with Crippen molar-refractivity contribution in [2.75, 3.05) is 5.32 Å². The molecule has 0 spiro atoms. The van der Waals surface area contributed by atoms with E-state index in [2.05, 4.69) is 29.5 Å². The molecule has 1 aliphatic rings. The van der Waals surface area contributed by atoms with E-state index in [1.54, 1.807) is 0 Å². The molecule has 0 amide bonds. The van der Waals surface area contributed by atoms with Crippen molar-refractivity contribution in [3.05, 3.63) is 30.6 Å². The van der Waals surface area contributed by atoms with Gasteiger partial charge in [0.2, 0.25) is 0 Å². The van der Waals surface area contributed by atoms with Crippen LogP contribution in [0.4, 0.5) is 5.69 Å². The lowest BCUT2D eigenvalue weighted by Crippen LogP contribution is -2.30. The van der Waals surface area contributed by atoms with Gasteiger partial charge in [0.1, 0.15) is 0 Å². The van der Waals surface area contributed by atoms with Gasteiger partial charge in [-0.3, -0.25) is 0 Å². The molecule has 17 heavy (non-hydrogen) atoms. The molecule has 3 rings (SSSR count). The SMILES string of the molecule is CC1CCCCC1Nc1ccnn2cccc12. The number of rotatable bonds is 2. The minimum atomic E-state index is 0.616. The minimum absolute atomic E-state index is 0.616. The molecule has 1 aliphatic carbocycles. The Morgan fingerprint density at radius 3 is 3.06 bits per heavy atom. The van der Waals surface area contributed by atoms with Gasteiger partial charge in [-0.25, -0.2) is 4.52 Å². The summed E-state index contributed by atoms with van der Waals surface area (Å²) in [7, 11) is 0. The van der Waals surface area contributed by atoms with Crippen molar-refractivity contribution in [2.24, 2.45) is 5.92 Å². The van der Waals surface area contributed by atoms with E-state index in [-0.39, 0.29) is 0 Å². The van der Waals surface area contributed by atoms with Gasteiger partial charge >= 0.3 is 0 Å². The zero-order valence-electron chi connectivity index (χ0n) is 10.3. The van der Waals surface area contributed by atoms with E-state index < -0.39 is 0 Å². The molecule has 3 heteroatoms. The molecular weight excluding hydrogens is 210 g/mol. The van der Waals surface area contributed by atoms with Gasteiger partial charge in [-0.05, 0) is 37.0 Å². The third kappa shape index (κ3) is 2.02. The summed E-state index contributed by atoms with van der Waals surface area (Å²) in [6, 6.07) is 6.85. The predicted octanol–water partition coefficient (Wildman–Crippen LogP) is 3.32. The molecule has 0 aliphatic heterocycles. The molecular formula is C14H19N3. The molecule has 0 radical (unpaired) electrons. The Hall–Kier alpha value is -1.51. The highest BCUT2D eigenvalue weighted by Crippen LogP contribution is 2.28. The van der Waals surface area contributed by atoms with Crippen molar-refractivity contribution in [3.63, 3.8) is 0 Å². The molecule has 0 saturated heterocycles. The zero-order chi connectivity index (χ0) is 11.7. The lowest BCUT2D eigenvalue weighted by molar-refractivity contribution is 0.349. The summed E-state index contributed by atoms with van der Waals surface area (Å²) >= 11 is 0. The Morgan fingerprint density at radius 2 is 2.18 bits per heavy atom. The van der Waals surface area contributed by atoms with Crippen LogP contribution in [0.5, 0.6) is 0 Å². The molecule has 1 fully saturated rings. The third-order valence-corrected chi connectivity index (χ3v) is 3.89. The van der Waals surface area contributed by atoms with Crippen LogP contribution < -0.4 is 5.32 Å². The molecule has 3 nitrogen and oxygen atoms in total. The van der Waals surface area contributed by atoms with Gasteiger partial charge in [0, 0.05) is 18.4 Å². The first-order valence-corrected chi connectivity index (χ1v) is 6.53. The summed E-state index contributed by atoms with van der Waals surface area (Å²) in [5.74, 6) is 0.770. The first-order valence-electron chi connectivity index (χ1n) is 6.53. The zero-order valence-corrected chi connectivity index (χ0v) is 10.3. The topological polar surface area (TPSA) is 29.3 Å². The Bertz CT molecular complexity index is 503. The van der Waals surface area contributed by atoms with Crippen LogP contribution in [0, 0.1) is 5.92 Å². The number of nitrogens with one attached hydrogen (secondary N) is 1. The van der Waals surface area contributed by atoms with Gasteiger partial charge in [-0.15, -0.1) is 0 Å². The van der Waals surface area contributed by atoms with Crippen LogP contribution in [0.2, 0.25) is 0 Å². The van der Waals surface area contributed by atoms with Crippen molar-refractivity contribution in [2.45, 2.75) is 38.6 Å². The monoisotopic (exact) mass is 229 g/mol. The predicted molar refractivity (Wildman–Crippen MR) is 70.2 cm³/mol. The number of nitrogens with zero attached hydrogens (tertiary/aromatic N) is 2. The average Bonchev–Trinajstić information content (AvgIpc) is 2.81. The number of hydrogen-bond donors (Lipinski definition) is 1. The van der Waals surface area contributed by atoms with Gasteiger partial charge in [0.05, 0.1) is 11.2 Å². The molecule has 2 atom stereocenters. The van der Waals surface area contributed by atoms with E-state index in [1.165, 1.54) is 36.9 Å². The molecule has 0 aromatic carbocycles. The third-order valence-electron chi connectivity index (χ3n) is 3.89. The van der Waals surface area contributed by atoms with Crippen LogP contribution in [0.3, 0.4) is 0 Å². The van der Waals surface area contributed by atoms with Gasteiger partial charge in [-0.1, -0.05) is 19.8 Å². The number of aromatic nitrogens is 2. The highest BCUT2D eigenvalue weighted by molar-refractivity contribution is 5.71. The summed E-state index contributed by atoms with van der Waals surface area (Å²) in [6.07, 6.45) is 9.23. The fourth-order valence-electron chi connectivity index (χ4n) is 2.80. The normalized spacial score (nSPS) is 25.0. The van der Waals surface area contributed by atoms with E-state index >= 15 is 0 Å². The van der Waals surface area contributed by atoms with Crippen molar-refractivity contribution in [1.82, 2.24) is 9.61 Å². The summed E-state index contributed by atoms with van der Waals surface area (Å²) in [5.41, 5.74) is 2.38. The smallest absolute Gasteiger partial charge is 0.0878 e. The maximum Gasteiger partial charge on any atom is 0.0878 e. The van der Waals surface area contributed by atoms with E-state index in [1.807, 2.05) is 23.0 Å². The number of anilines is 1. The first kappa shape index (κ1) is 10.6. The Balaban J connectivity index is 1.86. The Morgan fingerprint density at radius 1 is 1.29 bits per heavy atom. The molecule has 2 aromatic rings. The van der Waals surface area contributed by atoms with Gasteiger partial charge in [0.15, 0.2) is 0 Å². The Kier molecular flexibility index (Phi) is 2.75. The average molecular weight is 229 g/mol. The molecule has 90 valence electrons. The van der Waals surface area contributed by atoms with Crippen LogP contribution in [-0.4, -0.2) is 15.7 Å². The van der Waals surface area contributed by atoms with Gasteiger partial charge in [-0.2, -0.15) is 5.10 Å². The van der Waals surface area contributed by atoms with Crippen LogP contribution in [0.25, 0.3) is 5.52 Å². The van der Waals surface area contributed by atoms with Crippen molar-refractivity contribution in [3.8, 4) is 0 Å². The summed E-state index contributed by atoms with van der Waals surface area (Å²) in [5, 5.41) is 7.99. The first-order chi connectivity index (χ1) is 8.34. The number of hydrogen-bond acceptors (Lipinski definition) is 2. The molecule has 1 N–H and O–H groups in total. The second-order valence-electron chi connectivity index (χ2n) is 5.10. The quantitative estimate of drug-likeness (QED) is 0.856. The maximum atomic E-state index is 4.29. The largest absolute Gasteiger partial charge is 0.380 e. The summed E-state index contributed by atoms with van der Waals surface area (Å²) in [4.78, 5) is 0. The van der Waals surface area contributed by atoms with Crippen LogP contribution >= 0.6 is 0 Å². The molecule has 0 bridgehead atoms. The molecule has 1 saturated carbocycles. The lowest BCUT2D eigenvalue weighted by Gasteiger charge is -2.30. The van der Waals surface area contributed by atoms with Gasteiger partial charge < -0.3 is 5.32 Å². The molecule has 2 unspecified atom stereocenters. The van der Waals surface area contributed by atoms with Crippen LogP contribution in [-0.2, 0) is 0 Å². The van der Waals surface area contributed by atoms with E-state index in [0.717, 1.165) is 5.92 Å². The fraction of sp³-hybridized carbons (Fsp3) is 0.500. The van der Waals surface area contributed by atoms with E-state index in [9.17, 15) is 0 Å². The second-order valence-corrected chi connectivity index (χ2v) is 5.10.